The zero-order valence-electron chi connectivity index (χ0n) is 7.13. The topological polar surface area (TPSA) is 72.6 Å². The summed E-state index contributed by atoms with van der Waals surface area (Å²) < 4.78 is 2.56. The average molecular weight is 230 g/mol. The lowest BCUT2D eigenvalue weighted by Crippen LogP contribution is -2.22. The first-order chi connectivity index (χ1) is 5.95. The van der Waals surface area contributed by atoms with Crippen LogP contribution in [0.25, 0.3) is 0 Å². The van der Waals surface area contributed by atoms with Gasteiger partial charge >= 0.3 is 5.97 Å². The van der Waals surface area contributed by atoms with Gasteiger partial charge in [-0.3, -0.25) is 4.79 Å². The third-order valence-electron chi connectivity index (χ3n) is 1.24. The third-order valence-corrected chi connectivity index (χ3v) is 1.46. The van der Waals surface area contributed by atoms with Gasteiger partial charge in [-0.2, -0.15) is 0 Å². The van der Waals surface area contributed by atoms with E-state index >= 15 is 0 Å². The monoisotopic (exact) mass is 229 g/mol. The second-order valence-electron chi connectivity index (χ2n) is 2.57. The molecule has 0 aromatic rings. The van der Waals surface area contributed by atoms with Crippen molar-refractivity contribution >= 4 is 29.2 Å². The standard InChI is InChI=1S/C7H13Cl2NO3/c8-7(9,12)5-13-6(11)3-1-2-4-10/h12H,1-5,10H2. The molecule has 0 aliphatic rings. The van der Waals surface area contributed by atoms with Crippen LogP contribution in [0, 0.1) is 0 Å². The number of hydrogen-bond acceptors (Lipinski definition) is 4. The van der Waals surface area contributed by atoms with Gasteiger partial charge in [-0.05, 0) is 19.4 Å². The Labute approximate surface area is 86.9 Å². The van der Waals surface area contributed by atoms with Gasteiger partial charge in [0.25, 0.3) is 0 Å². The summed E-state index contributed by atoms with van der Waals surface area (Å²) in [5, 5.41) is 8.77. The summed E-state index contributed by atoms with van der Waals surface area (Å²) in [6, 6.07) is 0. The van der Waals surface area contributed by atoms with Crippen LogP contribution in [0.3, 0.4) is 0 Å². The van der Waals surface area contributed by atoms with E-state index in [0.29, 0.717) is 13.0 Å². The van der Waals surface area contributed by atoms with Gasteiger partial charge in [0.15, 0.2) is 0 Å². The molecule has 0 rings (SSSR count). The maximum absolute atomic E-state index is 10.9. The van der Waals surface area contributed by atoms with Gasteiger partial charge in [0, 0.05) is 6.42 Å². The lowest BCUT2D eigenvalue weighted by molar-refractivity contribution is -0.146. The fraction of sp³-hybridized carbons (Fsp3) is 0.857. The highest BCUT2D eigenvalue weighted by Gasteiger charge is 2.21. The second-order valence-corrected chi connectivity index (χ2v) is 4.02. The Morgan fingerprint density at radius 1 is 1.46 bits per heavy atom. The minimum atomic E-state index is -2.00. The Morgan fingerprint density at radius 3 is 2.54 bits per heavy atom. The Balaban J connectivity index is 3.41. The number of carbonyl (C=O) groups is 1. The summed E-state index contributed by atoms with van der Waals surface area (Å²) in [6.45, 7) is 0.125. The first-order valence-electron chi connectivity index (χ1n) is 3.91. The number of nitrogens with two attached hydrogens (primary N) is 1. The zero-order chi connectivity index (χ0) is 10.3. The molecule has 4 nitrogen and oxygen atoms in total. The molecule has 0 aliphatic heterocycles. The highest BCUT2D eigenvalue weighted by molar-refractivity contribution is 6.47. The first kappa shape index (κ1) is 13.0. The highest BCUT2D eigenvalue weighted by Crippen LogP contribution is 2.16. The Bertz CT molecular complexity index is 158. The number of aliphatic hydroxyl groups is 1. The molecular formula is C7H13Cl2NO3. The number of esters is 1. The van der Waals surface area contributed by atoms with E-state index in [-0.39, 0.29) is 6.42 Å². The molecule has 3 N–H and O–H groups in total. The normalized spacial score (nSPS) is 11.4. The summed E-state index contributed by atoms with van der Waals surface area (Å²) in [5.41, 5.74) is 5.22. The van der Waals surface area contributed by atoms with Crippen molar-refractivity contribution < 1.29 is 14.6 Å². The maximum Gasteiger partial charge on any atom is 0.305 e. The number of unbranched alkanes of at least 4 members (excludes halogenated alkanes) is 1. The molecule has 0 aliphatic carbocycles. The van der Waals surface area contributed by atoms with E-state index in [1.165, 1.54) is 0 Å². The molecule has 0 heterocycles. The van der Waals surface area contributed by atoms with Crippen molar-refractivity contribution in [3.05, 3.63) is 0 Å². The van der Waals surface area contributed by atoms with Crippen LogP contribution in [0.4, 0.5) is 0 Å². The third kappa shape index (κ3) is 9.89. The minimum Gasteiger partial charge on any atom is -0.460 e. The van der Waals surface area contributed by atoms with Crippen LogP contribution in [-0.2, 0) is 9.53 Å². The molecule has 0 radical (unpaired) electrons. The fourth-order valence-corrected chi connectivity index (χ4v) is 0.762. The molecule has 0 saturated heterocycles. The molecule has 0 saturated carbocycles. The molecule has 0 bridgehead atoms. The van der Waals surface area contributed by atoms with Gasteiger partial charge in [0.2, 0.25) is 4.52 Å². The molecule has 6 heteroatoms. The molecule has 0 amide bonds. The van der Waals surface area contributed by atoms with E-state index in [1.807, 2.05) is 0 Å². The SMILES string of the molecule is NCCCCC(=O)OCC(O)(Cl)Cl. The fourth-order valence-electron chi connectivity index (χ4n) is 0.653. The molecule has 78 valence electrons. The number of halogens is 2. The Hall–Kier alpha value is -0.0300. The van der Waals surface area contributed by atoms with Crippen LogP contribution < -0.4 is 5.73 Å². The van der Waals surface area contributed by atoms with E-state index < -0.39 is 17.1 Å². The predicted octanol–water partition coefficient (Wildman–Crippen LogP) is 0.782. The number of rotatable bonds is 6. The van der Waals surface area contributed by atoms with Crippen LogP contribution in [0.5, 0.6) is 0 Å². The average Bonchev–Trinajstić information content (AvgIpc) is 2.00. The van der Waals surface area contributed by atoms with E-state index in [9.17, 15) is 4.79 Å². The van der Waals surface area contributed by atoms with Gasteiger partial charge in [0.05, 0.1) is 0 Å². The van der Waals surface area contributed by atoms with E-state index in [0.717, 1.165) is 6.42 Å². The molecule has 0 aromatic carbocycles. The maximum atomic E-state index is 10.9. The summed E-state index contributed by atoms with van der Waals surface area (Å²) in [5.74, 6) is -0.437. The minimum absolute atomic E-state index is 0.265. The van der Waals surface area contributed by atoms with Gasteiger partial charge in [0.1, 0.15) is 6.61 Å². The van der Waals surface area contributed by atoms with Crippen LogP contribution in [0.15, 0.2) is 0 Å². The van der Waals surface area contributed by atoms with Crippen LogP contribution in [0.2, 0.25) is 0 Å². The van der Waals surface area contributed by atoms with Gasteiger partial charge < -0.3 is 15.6 Å². The predicted molar refractivity (Wildman–Crippen MR) is 50.5 cm³/mol. The quantitative estimate of drug-likeness (QED) is 0.402. The van der Waals surface area contributed by atoms with Crippen LogP contribution in [-0.4, -0.2) is 28.7 Å². The van der Waals surface area contributed by atoms with Crippen molar-refractivity contribution in [2.24, 2.45) is 5.73 Å². The Morgan fingerprint density at radius 2 is 2.08 bits per heavy atom. The van der Waals surface area contributed by atoms with Crippen molar-refractivity contribution in [3.8, 4) is 0 Å². The zero-order valence-corrected chi connectivity index (χ0v) is 8.64. The van der Waals surface area contributed by atoms with Crippen molar-refractivity contribution in [2.75, 3.05) is 13.2 Å². The summed E-state index contributed by atoms with van der Waals surface area (Å²) in [7, 11) is 0. The van der Waals surface area contributed by atoms with E-state index in [2.05, 4.69) is 4.74 Å². The molecule has 13 heavy (non-hydrogen) atoms. The van der Waals surface area contributed by atoms with Crippen LogP contribution in [0.1, 0.15) is 19.3 Å². The summed E-state index contributed by atoms with van der Waals surface area (Å²) >= 11 is 10.3. The van der Waals surface area contributed by atoms with Crippen molar-refractivity contribution in [1.82, 2.24) is 0 Å². The number of carbonyl (C=O) groups excluding carboxylic acids is 1. The largest absolute Gasteiger partial charge is 0.460 e. The highest BCUT2D eigenvalue weighted by atomic mass is 35.5. The van der Waals surface area contributed by atoms with Crippen LogP contribution >= 0.6 is 23.2 Å². The molecular weight excluding hydrogens is 217 g/mol. The van der Waals surface area contributed by atoms with Gasteiger partial charge in [-0.15, -0.1) is 0 Å². The smallest absolute Gasteiger partial charge is 0.305 e. The lowest BCUT2D eigenvalue weighted by Gasteiger charge is -2.11. The lowest BCUT2D eigenvalue weighted by atomic mass is 10.2. The second kappa shape index (κ2) is 6.43. The van der Waals surface area contributed by atoms with Gasteiger partial charge in [-0.25, -0.2) is 0 Å². The van der Waals surface area contributed by atoms with Crippen molar-refractivity contribution in [2.45, 2.75) is 23.8 Å². The molecule has 0 atom stereocenters. The van der Waals surface area contributed by atoms with Crippen molar-refractivity contribution in [3.63, 3.8) is 0 Å². The molecule has 0 fully saturated rings. The number of hydrogen-bond donors (Lipinski definition) is 2. The first-order valence-corrected chi connectivity index (χ1v) is 4.67. The van der Waals surface area contributed by atoms with Gasteiger partial charge in [-0.1, -0.05) is 23.2 Å². The van der Waals surface area contributed by atoms with E-state index in [4.69, 9.17) is 34.0 Å². The number of ether oxygens (including phenoxy) is 1. The molecule has 0 aromatic heterocycles. The van der Waals surface area contributed by atoms with E-state index in [1.54, 1.807) is 0 Å². The Kier molecular flexibility index (Phi) is 6.41. The van der Waals surface area contributed by atoms with Crippen molar-refractivity contribution in [1.29, 1.82) is 0 Å². The molecule has 0 unspecified atom stereocenters. The summed E-state index contributed by atoms with van der Waals surface area (Å²) in [4.78, 5) is 10.9. The molecule has 0 spiro atoms. The summed E-state index contributed by atoms with van der Waals surface area (Å²) in [6.07, 6.45) is 1.69. The number of alkyl halides is 2.